The highest BCUT2D eigenvalue weighted by molar-refractivity contribution is 9.10. The first-order valence-electron chi connectivity index (χ1n) is 6.09. The van der Waals surface area contributed by atoms with Crippen molar-refractivity contribution in [1.29, 1.82) is 0 Å². The lowest BCUT2D eigenvalue weighted by atomic mass is 9.96. The highest BCUT2D eigenvalue weighted by Gasteiger charge is 2.40. The summed E-state index contributed by atoms with van der Waals surface area (Å²) in [5.41, 5.74) is 1.01. The van der Waals surface area contributed by atoms with E-state index in [1.165, 1.54) is 0 Å². The summed E-state index contributed by atoms with van der Waals surface area (Å²) in [4.78, 5) is 2.04. The molecular formula is C13H14BrClF3N. The summed E-state index contributed by atoms with van der Waals surface area (Å²) in [5, 5.41) is 0.642. The molecule has 0 amide bonds. The molecule has 0 aliphatic carbocycles. The molecule has 19 heavy (non-hydrogen) atoms. The predicted molar refractivity (Wildman–Crippen MR) is 73.2 cm³/mol. The minimum absolute atomic E-state index is 0.182. The fourth-order valence-corrected chi connectivity index (χ4v) is 2.89. The number of alkyl halides is 3. The molecule has 1 nitrogen and oxygen atoms in total. The first kappa shape index (κ1) is 15.1. The molecule has 0 spiro atoms. The number of hydrogen-bond donors (Lipinski definition) is 0. The zero-order valence-corrected chi connectivity index (χ0v) is 12.5. The summed E-state index contributed by atoms with van der Waals surface area (Å²) in [6.07, 6.45) is -3.69. The zero-order valence-electron chi connectivity index (χ0n) is 10.2. The van der Waals surface area contributed by atoms with Crippen molar-refractivity contribution < 1.29 is 13.2 Å². The van der Waals surface area contributed by atoms with Crippen molar-refractivity contribution in [3.8, 4) is 0 Å². The molecule has 1 heterocycles. The molecule has 1 aliphatic heterocycles. The lowest BCUT2D eigenvalue weighted by molar-refractivity contribution is -0.185. The van der Waals surface area contributed by atoms with Crippen LogP contribution in [0.3, 0.4) is 0 Å². The third kappa shape index (κ3) is 4.10. The van der Waals surface area contributed by atoms with Crippen LogP contribution in [-0.4, -0.2) is 24.2 Å². The van der Waals surface area contributed by atoms with Crippen molar-refractivity contribution in [3.63, 3.8) is 0 Å². The molecule has 1 fully saturated rings. The van der Waals surface area contributed by atoms with Gasteiger partial charge in [0, 0.05) is 16.0 Å². The maximum absolute atomic E-state index is 12.6. The molecule has 1 saturated heterocycles. The van der Waals surface area contributed by atoms with E-state index in [-0.39, 0.29) is 12.8 Å². The first-order valence-corrected chi connectivity index (χ1v) is 7.26. The van der Waals surface area contributed by atoms with Crippen molar-refractivity contribution in [1.82, 2.24) is 4.90 Å². The van der Waals surface area contributed by atoms with E-state index in [0.29, 0.717) is 24.7 Å². The van der Waals surface area contributed by atoms with Crippen molar-refractivity contribution in [2.75, 3.05) is 13.1 Å². The van der Waals surface area contributed by atoms with Crippen LogP contribution in [0.1, 0.15) is 18.4 Å². The van der Waals surface area contributed by atoms with Crippen molar-refractivity contribution in [3.05, 3.63) is 33.3 Å². The number of piperidine rings is 1. The highest BCUT2D eigenvalue weighted by atomic mass is 79.9. The second-order valence-corrected chi connectivity index (χ2v) is 6.12. The van der Waals surface area contributed by atoms with E-state index in [2.05, 4.69) is 15.9 Å². The number of hydrogen-bond acceptors (Lipinski definition) is 1. The van der Waals surface area contributed by atoms with E-state index in [1.54, 1.807) is 6.07 Å². The molecule has 1 aliphatic rings. The fraction of sp³-hybridized carbons (Fsp3) is 0.538. The van der Waals surface area contributed by atoms with Gasteiger partial charge in [-0.3, -0.25) is 4.90 Å². The van der Waals surface area contributed by atoms with Gasteiger partial charge in [-0.05, 0) is 49.7 Å². The smallest absolute Gasteiger partial charge is 0.299 e. The molecule has 1 aromatic carbocycles. The summed E-state index contributed by atoms with van der Waals surface area (Å²) in [6.45, 7) is 1.58. The standard InChI is InChI=1S/C13H14BrClF3N/c14-12-2-1-11(15)7-9(12)8-19-5-3-10(4-6-19)13(16,17)18/h1-2,7,10H,3-6,8H2. The SMILES string of the molecule is FC(F)(F)C1CCN(Cc2cc(Cl)ccc2Br)CC1. The molecule has 106 valence electrons. The number of rotatable bonds is 2. The summed E-state index contributed by atoms with van der Waals surface area (Å²) in [5.74, 6) is -1.15. The largest absolute Gasteiger partial charge is 0.391 e. The van der Waals surface area contributed by atoms with Crippen LogP contribution in [0.5, 0.6) is 0 Å². The van der Waals surface area contributed by atoms with Gasteiger partial charge >= 0.3 is 6.18 Å². The monoisotopic (exact) mass is 355 g/mol. The molecule has 1 aromatic rings. The minimum atomic E-state index is -4.05. The van der Waals surface area contributed by atoms with E-state index in [1.807, 2.05) is 17.0 Å². The Kier molecular flexibility index (Phi) is 4.79. The Bertz CT molecular complexity index is 442. The number of halogens is 5. The second-order valence-electron chi connectivity index (χ2n) is 4.83. The van der Waals surface area contributed by atoms with Gasteiger partial charge in [-0.15, -0.1) is 0 Å². The average molecular weight is 357 g/mol. The lowest BCUT2D eigenvalue weighted by Crippen LogP contribution is -2.38. The Labute approximate surface area is 123 Å². The van der Waals surface area contributed by atoms with Crippen LogP contribution in [0.2, 0.25) is 5.02 Å². The Hall–Kier alpha value is -0.260. The van der Waals surface area contributed by atoms with Gasteiger partial charge in [-0.25, -0.2) is 0 Å². The van der Waals surface area contributed by atoms with Gasteiger partial charge in [-0.1, -0.05) is 27.5 Å². The van der Waals surface area contributed by atoms with Gasteiger partial charge in [-0.2, -0.15) is 13.2 Å². The molecular weight excluding hydrogens is 343 g/mol. The van der Waals surface area contributed by atoms with Gasteiger partial charge in [0.15, 0.2) is 0 Å². The Morgan fingerprint density at radius 2 is 1.89 bits per heavy atom. The zero-order chi connectivity index (χ0) is 14.0. The van der Waals surface area contributed by atoms with Gasteiger partial charge in [0.2, 0.25) is 0 Å². The van der Waals surface area contributed by atoms with Crippen LogP contribution < -0.4 is 0 Å². The summed E-state index contributed by atoms with van der Waals surface area (Å²) in [6, 6.07) is 5.49. The first-order chi connectivity index (χ1) is 8.86. The van der Waals surface area contributed by atoms with Crippen molar-refractivity contribution in [2.45, 2.75) is 25.6 Å². The molecule has 0 radical (unpaired) electrons. The van der Waals surface area contributed by atoms with Crippen LogP contribution in [-0.2, 0) is 6.54 Å². The van der Waals surface area contributed by atoms with Crippen molar-refractivity contribution in [2.24, 2.45) is 5.92 Å². The van der Waals surface area contributed by atoms with E-state index in [9.17, 15) is 13.2 Å². The molecule has 0 aromatic heterocycles. The Balaban J connectivity index is 1.94. The Morgan fingerprint density at radius 3 is 2.47 bits per heavy atom. The van der Waals surface area contributed by atoms with Gasteiger partial charge in [0.25, 0.3) is 0 Å². The van der Waals surface area contributed by atoms with Crippen LogP contribution in [0, 0.1) is 5.92 Å². The van der Waals surface area contributed by atoms with Crippen LogP contribution >= 0.6 is 27.5 Å². The molecule has 0 saturated carbocycles. The topological polar surface area (TPSA) is 3.24 Å². The quantitative estimate of drug-likeness (QED) is 0.730. The molecule has 0 bridgehead atoms. The van der Waals surface area contributed by atoms with E-state index < -0.39 is 12.1 Å². The number of nitrogens with zero attached hydrogens (tertiary/aromatic N) is 1. The maximum atomic E-state index is 12.6. The maximum Gasteiger partial charge on any atom is 0.391 e. The normalized spacial score (nSPS) is 18.8. The van der Waals surface area contributed by atoms with Crippen LogP contribution in [0.4, 0.5) is 13.2 Å². The summed E-state index contributed by atoms with van der Waals surface area (Å²) >= 11 is 9.36. The summed E-state index contributed by atoms with van der Waals surface area (Å²) < 4.78 is 38.6. The number of benzene rings is 1. The lowest BCUT2D eigenvalue weighted by Gasteiger charge is -2.33. The van der Waals surface area contributed by atoms with Gasteiger partial charge < -0.3 is 0 Å². The number of likely N-dealkylation sites (tertiary alicyclic amines) is 1. The highest BCUT2D eigenvalue weighted by Crippen LogP contribution is 2.34. The third-order valence-electron chi connectivity index (χ3n) is 3.45. The Morgan fingerprint density at radius 1 is 1.26 bits per heavy atom. The molecule has 0 unspecified atom stereocenters. The van der Waals surface area contributed by atoms with Crippen LogP contribution in [0.25, 0.3) is 0 Å². The summed E-state index contributed by atoms with van der Waals surface area (Å²) in [7, 11) is 0. The second kappa shape index (κ2) is 6.02. The van der Waals surface area contributed by atoms with E-state index >= 15 is 0 Å². The van der Waals surface area contributed by atoms with Gasteiger partial charge in [0.05, 0.1) is 5.92 Å². The average Bonchev–Trinajstić information content (AvgIpc) is 2.33. The molecule has 2 rings (SSSR count). The fourth-order valence-electron chi connectivity index (χ4n) is 2.32. The minimum Gasteiger partial charge on any atom is -0.299 e. The third-order valence-corrected chi connectivity index (χ3v) is 4.46. The molecule has 6 heteroatoms. The van der Waals surface area contributed by atoms with Gasteiger partial charge in [0.1, 0.15) is 0 Å². The van der Waals surface area contributed by atoms with Crippen molar-refractivity contribution >= 4 is 27.5 Å². The molecule has 0 atom stereocenters. The van der Waals surface area contributed by atoms with E-state index in [0.717, 1.165) is 10.0 Å². The molecule has 0 N–H and O–H groups in total. The van der Waals surface area contributed by atoms with E-state index in [4.69, 9.17) is 11.6 Å². The van der Waals surface area contributed by atoms with Crippen LogP contribution in [0.15, 0.2) is 22.7 Å². The predicted octanol–water partition coefficient (Wildman–Crippen LogP) is 4.88.